The van der Waals surface area contributed by atoms with E-state index in [2.05, 4.69) is 33.4 Å². The number of aryl methyl sites for hydroxylation is 1. The number of hydrogen-bond acceptors (Lipinski definition) is 6. The highest BCUT2D eigenvalue weighted by Crippen LogP contribution is 2.53. The van der Waals surface area contributed by atoms with Crippen LogP contribution in [0.2, 0.25) is 0 Å². The van der Waals surface area contributed by atoms with E-state index in [1.165, 1.54) is 6.07 Å². The van der Waals surface area contributed by atoms with Gasteiger partial charge in [0.1, 0.15) is 17.8 Å². The first-order valence-corrected chi connectivity index (χ1v) is 10.6. The molecule has 0 unspecified atom stereocenters. The molecule has 9 heteroatoms. The van der Waals surface area contributed by atoms with Crippen molar-refractivity contribution in [1.29, 1.82) is 5.26 Å². The van der Waals surface area contributed by atoms with E-state index >= 15 is 0 Å². The molecule has 0 spiro atoms. The fraction of sp³-hybridized carbons (Fsp3) is 0.250. The fourth-order valence-corrected chi connectivity index (χ4v) is 5.02. The molecular formula is C24H21N7O2. The first-order chi connectivity index (χ1) is 16.0. The van der Waals surface area contributed by atoms with Crippen LogP contribution in [0.1, 0.15) is 51.5 Å². The molecule has 33 heavy (non-hydrogen) atoms. The van der Waals surface area contributed by atoms with Gasteiger partial charge in [0.2, 0.25) is 0 Å². The zero-order chi connectivity index (χ0) is 23.2. The third kappa shape index (κ3) is 3.19. The largest absolute Gasteiger partial charge is 0.364 e. The van der Waals surface area contributed by atoms with Crippen LogP contribution in [0.4, 0.5) is 0 Å². The Labute approximate surface area is 189 Å². The Morgan fingerprint density at radius 1 is 1.33 bits per heavy atom. The highest BCUT2D eigenvalue weighted by atomic mass is 16.1. The van der Waals surface area contributed by atoms with Crippen molar-refractivity contribution in [3.05, 3.63) is 71.6 Å². The van der Waals surface area contributed by atoms with Crippen LogP contribution in [0.5, 0.6) is 0 Å². The smallest absolute Gasteiger partial charge is 0.267 e. The number of rotatable bonds is 6. The van der Waals surface area contributed by atoms with Crippen LogP contribution in [0.15, 0.2) is 48.9 Å². The fourth-order valence-electron chi connectivity index (χ4n) is 5.02. The van der Waals surface area contributed by atoms with Crippen molar-refractivity contribution in [3.63, 3.8) is 0 Å². The maximum Gasteiger partial charge on any atom is 0.267 e. The molecule has 0 bridgehead atoms. The molecule has 1 aromatic carbocycles. The SMILES string of the molecule is Cn1cnnc1C1(c2cccc(-n3ccc4nc(C(N)=O)cc(C=O)c43)c2)CC(CC#N)C1. The van der Waals surface area contributed by atoms with Crippen LogP contribution in [0, 0.1) is 17.2 Å². The second kappa shape index (κ2) is 7.67. The molecular weight excluding hydrogens is 418 g/mol. The number of carbonyl (C=O) groups excluding carboxylic acids is 2. The summed E-state index contributed by atoms with van der Waals surface area (Å²) in [6.45, 7) is 0. The molecule has 1 aliphatic rings. The number of carbonyl (C=O) groups is 2. The molecule has 0 aliphatic heterocycles. The molecule has 2 N–H and O–H groups in total. The number of aldehydes is 1. The Morgan fingerprint density at radius 3 is 2.82 bits per heavy atom. The van der Waals surface area contributed by atoms with Crippen molar-refractivity contribution < 1.29 is 9.59 Å². The molecule has 1 amide bonds. The maximum absolute atomic E-state index is 11.8. The minimum Gasteiger partial charge on any atom is -0.364 e. The van der Waals surface area contributed by atoms with E-state index in [9.17, 15) is 9.59 Å². The van der Waals surface area contributed by atoms with Crippen LogP contribution in [0.3, 0.4) is 0 Å². The molecule has 0 saturated heterocycles. The molecule has 3 heterocycles. The first kappa shape index (κ1) is 20.6. The number of benzene rings is 1. The van der Waals surface area contributed by atoms with E-state index in [1.54, 1.807) is 12.4 Å². The van der Waals surface area contributed by atoms with E-state index < -0.39 is 5.91 Å². The van der Waals surface area contributed by atoms with Gasteiger partial charge >= 0.3 is 0 Å². The van der Waals surface area contributed by atoms with Crippen LogP contribution in [-0.4, -0.2) is 36.5 Å². The van der Waals surface area contributed by atoms with Crippen LogP contribution in [0.25, 0.3) is 16.7 Å². The lowest BCUT2D eigenvalue weighted by molar-refractivity contribution is 0.0996. The summed E-state index contributed by atoms with van der Waals surface area (Å²) < 4.78 is 3.82. The van der Waals surface area contributed by atoms with Crippen LogP contribution in [-0.2, 0) is 12.5 Å². The van der Waals surface area contributed by atoms with Crippen molar-refractivity contribution in [1.82, 2.24) is 24.3 Å². The number of primary amides is 1. The molecule has 164 valence electrons. The zero-order valence-electron chi connectivity index (χ0n) is 18.0. The predicted octanol–water partition coefficient (Wildman–Crippen LogP) is 2.68. The summed E-state index contributed by atoms with van der Waals surface area (Å²) >= 11 is 0. The summed E-state index contributed by atoms with van der Waals surface area (Å²) in [6, 6.07) is 13.5. The predicted molar refractivity (Wildman–Crippen MR) is 120 cm³/mol. The van der Waals surface area contributed by atoms with Crippen molar-refractivity contribution in [3.8, 4) is 11.8 Å². The van der Waals surface area contributed by atoms with Gasteiger partial charge < -0.3 is 14.9 Å². The molecule has 3 aromatic heterocycles. The Kier molecular flexibility index (Phi) is 4.78. The van der Waals surface area contributed by atoms with Gasteiger partial charge in [-0.05, 0) is 48.6 Å². The highest BCUT2D eigenvalue weighted by molar-refractivity contribution is 6.00. The minimum absolute atomic E-state index is 0.0512. The quantitative estimate of drug-likeness (QED) is 0.459. The molecule has 1 saturated carbocycles. The lowest BCUT2D eigenvalue weighted by Gasteiger charge is -2.46. The van der Waals surface area contributed by atoms with Crippen molar-refractivity contribution in [2.24, 2.45) is 18.7 Å². The van der Waals surface area contributed by atoms with Crippen molar-refractivity contribution >= 4 is 23.2 Å². The van der Waals surface area contributed by atoms with Crippen molar-refractivity contribution in [2.75, 3.05) is 0 Å². The standard InChI is InChI=1S/C24H21N7O2/c1-30-14-27-29-23(30)24(11-15(12-24)5-7-25)17-3-2-4-18(10-17)31-8-6-19-21(31)16(13-32)9-20(28-19)22(26)33/h2-4,6,8-10,13-15H,5,11-12H2,1H3,(H2,26,33). The Hall–Kier alpha value is -4.32. The van der Waals surface area contributed by atoms with Crippen LogP contribution < -0.4 is 5.73 Å². The summed E-state index contributed by atoms with van der Waals surface area (Å²) in [5, 5.41) is 17.6. The van der Waals surface area contributed by atoms with Gasteiger partial charge in [0.05, 0.1) is 22.5 Å². The number of pyridine rings is 1. The number of aromatic nitrogens is 5. The van der Waals surface area contributed by atoms with Gasteiger partial charge in [-0.25, -0.2) is 4.98 Å². The summed E-state index contributed by atoms with van der Waals surface area (Å²) in [5.41, 5.74) is 8.47. The van der Waals surface area contributed by atoms with E-state index in [-0.39, 0.29) is 11.1 Å². The van der Waals surface area contributed by atoms with Crippen molar-refractivity contribution in [2.45, 2.75) is 24.7 Å². The maximum atomic E-state index is 11.8. The van der Waals surface area contributed by atoms with E-state index in [0.29, 0.717) is 35.2 Å². The average molecular weight is 439 g/mol. The van der Waals surface area contributed by atoms with Crippen LogP contribution >= 0.6 is 0 Å². The van der Waals surface area contributed by atoms with Gasteiger partial charge in [0.15, 0.2) is 6.29 Å². The monoisotopic (exact) mass is 439 g/mol. The summed E-state index contributed by atoms with van der Waals surface area (Å²) in [7, 11) is 1.93. The second-order valence-corrected chi connectivity index (χ2v) is 8.53. The summed E-state index contributed by atoms with van der Waals surface area (Å²) in [5.74, 6) is 0.491. The molecule has 5 rings (SSSR count). The van der Waals surface area contributed by atoms with E-state index in [4.69, 9.17) is 11.0 Å². The van der Waals surface area contributed by atoms with Gasteiger partial charge in [-0.2, -0.15) is 5.26 Å². The highest BCUT2D eigenvalue weighted by Gasteiger charge is 2.49. The molecule has 0 atom stereocenters. The van der Waals surface area contributed by atoms with Gasteiger partial charge in [0.25, 0.3) is 5.91 Å². The van der Waals surface area contributed by atoms with Gasteiger partial charge in [-0.1, -0.05) is 12.1 Å². The average Bonchev–Trinajstić information content (AvgIpc) is 3.42. The Bertz CT molecular complexity index is 1440. The normalized spacial score (nSPS) is 19.7. The number of fused-ring (bicyclic) bond motifs is 1. The van der Waals surface area contributed by atoms with E-state index in [1.807, 2.05) is 34.5 Å². The van der Waals surface area contributed by atoms with Gasteiger partial charge in [-0.15, -0.1) is 10.2 Å². The summed E-state index contributed by atoms with van der Waals surface area (Å²) in [4.78, 5) is 27.7. The molecule has 0 radical (unpaired) electrons. The number of nitriles is 1. The number of nitrogens with zero attached hydrogens (tertiary/aromatic N) is 6. The molecule has 1 aliphatic carbocycles. The molecule has 9 nitrogen and oxygen atoms in total. The second-order valence-electron chi connectivity index (χ2n) is 8.53. The Balaban J connectivity index is 1.64. The molecule has 4 aromatic rings. The number of hydrogen-bond donors (Lipinski definition) is 1. The lowest BCUT2D eigenvalue weighted by Crippen LogP contribution is -2.44. The third-order valence-corrected chi connectivity index (χ3v) is 6.52. The number of nitrogens with two attached hydrogens (primary N) is 1. The number of amides is 1. The Morgan fingerprint density at radius 2 is 2.15 bits per heavy atom. The third-order valence-electron chi connectivity index (χ3n) is 6.52. The first-order valence-electron chi connectivity index (χ1n) is 10.6. The minimum atomic E-state index is -0.683. The van der Waals surface area contributed by atoms with Gasteiger partial charge in [-0.3, -0.25) is 9.59 Å². The van der Waals surface area contributed by atoms with E-state index in [0.717, 1.165) is 29.9 Å². The van der Waals surface area contributed by atoms with Gasteiger partial charge in [0, 0.05) is 30.9 Å². The molecule has 1 fully saturated rings. The topological polar surface area (TPSA) is 132 Å². The summed E-state index contributed by atoms with van der Waals surface area (Å²) in [6.07, 6.45) is 6.35. The zero-order valence-corrected chi connectivity index (χ0v) is 18.0. The lowest BCUT2D eigenvalue weighted by atomic mass is 9.57.